The van der Waals surface area contributed by atoms with E-state index in [9.17, 15) is 14.6 Å². The van der Waals surface area contributed by atoms with Gasteiger partial charge in [0.15, 0.2) is 0 Å². The maximum absolute atomic E-state index is 10.9. The Morgan fingerprint density at radius 3 is 2.29 bits per heavy atom. The van der Waals surface area contributed by atoms with Gasteiger partial charge in [0.1, 0.15) is 10.6 Å². The minimum Gasteiger partial charge on any atom is -0.508 e. The van der Waals surface area contributed by atoms with Gasteiger partial charge < -0.3 is 5.11 Å². The van der Waals surface area contributed by atoms with Gasteiger partial charge in [0.2, 0.25) is 10.0 Å². The molecule has 1 aromatic rings. The molecule has 78 valence electrons. The first-order valence-corrected chi connectivity index (χ1v) is 7.62. The molecule has 0 saturated carbocycles. The molecule has 0 aliphatic carbocycles. The number of hydrogen-bond donors (Lipinski definition) is 2. The first-order chi connectivity index (χ1) is 6.32. The molecule has 0 amide bonds. The van der Waals surface area contributed by atoms with Gasteiger partial charge >= 0.3 is 19.8 Å². The smallest absolute Gasteiger partial charge is 0.342 e. The van der Waals surface area contributed by atoms with Crippen LogP contribution in [0.3, 0.4) is 0 Å². The summed E-state index contributed by atoms with van der Waals surface area (Å²) < 4.78 is 42.9. The monoisotopic (exact) mass is 331 g/mol. The van der Waals surface area contributed by atoms with Crippen LogP contribution in [0.5, 0.6) is 5.75 Å². The highest BCUT2D eigenvalue weighted by Crippen LogP contribution is 2.27. The van der Waals surface area contributed by atoms with Gasteiger partial charge in [-0.1, -0.05) is 0 Å². The van der Waals surface area contributed by atoms with Crippen molar-refractivity contribution in [3.05, 3.63) is 21.8 Å². The molecular weight excluding hydrogens is 325 g/mol. The van der Waals surface area contributed by atoms with E-state index in [1.165, 1.54) is 0 Å². The van der Waals surface area contributed by atoms with Crippen molar-refractivity contribution in [1.82, 2.24) is 0 Å². The van der Waals surface area contributed by atoms with Gasteiger partial charge in [0, 0.05) is 6.07 Å². The predicted molar refractivity (Wildman–Crippen MR) is 53.6 cm³/mol. The average molecular weight is 331 g/mol. The quantitative estimate of drug-likeness (QED) is 0.762. The zero-order chi connectivity index (χ0) is 10.9. The topological polar surface area (TPSA) is 115 Å². The molecule has 0 radical (unpaired) electrons. The number of nitrogens with two attached hydrogens (primary N) is 1. The fraction of sp³-hybridized carbons (Fsp3) is 0. The van der Waals surface area contributed by atoms with Crippen LogP contribution in [0, 0.1) is 3.57 Å². The third-order valence-electron chi connectivity index (χ3n) is 1.39. The maximum atomic E-state index is 10.9. The van der Waals surface area contributed by atoms with Gasteiger partial charge in [0.25, 0.3) is 0 Å². The standard InChI is InChI=1S/C6H6INO5S/c8-14(12,13)6-3-4(9)1-2-5(6)7(10)11/h1-3,9H,(H2,8,12,13). The second-order valence-corrected chi connectivity index (χ2v) is 6.31. The summed E-state index contributed by atoms with van der Waals surface area (Å²) in [5.41, 5.74) is 0. The van der Waals surface area contributed by atoms with Crippen molar-refractivity contribution in [2.45, 2.75) is 4.90 Å². The number of sulfonamides is 1. The van der Waals surface area contributed by atoms with E-state index in [0.29, 0.717) is 0 Å². The van der Waals surface area contributed by atoms with Crippen molar-refractivity contribution in [2.75, 3.05) is 0 Å². The molecule has 0 aliphatic rings. The van der Waals surface area contributed by atoms with Gasteiger partial charge in [0.05, 0.1) is 3.57 Å². The van der Waals surface area contributed by atoms with Crippen molar-refractivity contribution in [3.63, 3.8) is 0 Å². The van der Waals surface area contributed by atoms with Crippen molar-refractivity contribution >= 4 is 29.8 Å². The highest BCUT2D eigenvalue weighted by molar-refractivity contribution is 14.2. The van der Waals surface area contributed by atoms with Crippen LogP contribution < -0.4 is 5.14 Å². The predicted octanol–water partition coefficient (Wildman–Crippen LogP) is 0.407. The Bertz CT molecular complexity index is 525. The first-order valence-electron chi connectivity index (χ1n) is 3.23. The van der Waals surface area contributed by atoms with Gasteiger partial charge in [-0.3, -0.25) is 0 Å². The Morgan fingerprint density at radius 1 is 1.29 bits per heavy atom. The fourth-order valence-corrected chi connectivity index (χ4v) is 3.87. The summed E-state index contributed by atoms with van der Waals surface area (Å²) in [4.78, 5) is -0.562. The van der Waals surface area contributed by atoms with Crippen LogP contribution >= 0.6 is 19.8 Å². The van der Waals surface area contributed by atoms with Crippen molar-refractivity contribution in [1.29, 1.82) is 0 Å². The summed E-state index contributed by atoms with van der Waals surface area (Å²) in [6.07, 6.45) is 0. The molecule has 3 N–H and O–H groups in total. The Balaban J connectivity index is 3.62. The maximum Gasteiger partial charge on any atom is 0.342 e. The summed E-state index contributed by atoms with van der Waals surface area (Å²) in [7, 11) is -4.12. The van der Waals surface area contributed by atoms with Crippen LogP contribution in [0.25, 0.3) is 0 Å². The van der Waals surface area contributed by atoms with E-state index < -0.39 is 34.7 Å². The molecular formula is C6H6INO5S. The van der Waals surface area contributed by atoms with E-state index in [2.05, 4.69) is 0 Å². The summed E-state index contributed by atoms with van der Waals surface area (Å²) >= 11 is -3.93. The van der Waals surface area contributed by atoms with Gasteiger partial charge in [-0.15, -0.1) is 0 Å². The van der Waals surface area contributed by atoms with Crippen LogP contribution in [0.15, 0.2) is 23.1 Å². The van der Waals surface area contributed by atoms with Crippen LogP contribution in [-0.2, 0) is 16.2 Å². The lowest BCUT2D eigenvalue weighted by molar-refractivity contribution is 0.473. The minimum absolute atomic E-state index is 0.338. The number of phenols is 1. The summed E-state index contributed by atoms with van der Waals surface area (Å²) in [5.74, 6) is -0.351. The Kier molecular flexibility index (Phi) is 3.07. The SMILES string of the molecule is NS(=O)(=O)c1cc(O)ccc1I(=O)=O. The van der Waals surface area contributed by atoms with Crippen molar-refractivity contribution in [3.8, 4) is 5.75 Å². The molecule has 1 rings (SSSR count). The van der Waals surface area contributed by atoms with Crippen LogP contribution in [0.2, 0.25) is 0 Å². The number of halogens is 1. The van der Waals surface area contributed by atoms with Crippen LogP contribution in [0.4, 0.5) is 0 Å². The Hall–Kier alpha value is -0.740. The average Bonchev–Trinajstić information content (AvgIpc) is 2.01. The lowest BCUT2D eigenvalue weighted by Gasteiger charge is -2.00. The molecule has 0 aromatic heterocycles. The van der Waals surface area contributed by atoms with Crippen molar-refractivity contribution in [2.24, 2.45) is 5.14 Å². The second kappa shape index (κ2) is 3.79. The minimum atomic E-state index is -4.12. The van der Waals surface area contributed by atoms with Crippen molar-refractivity contribution < 1.29 is 19.7 Å². The summed E-state index contributed by atoms with van der Waals surface area (Å²) in [6, 6.07) is 2.91. The van der Waals surface area contributed by atoms with Gasteiger partial charge in [-0.05, 0) is 12.1 Å². The first kappa shape index (κ1) is 11.3. The molecule has 1 aromatic carbocycles. The molecule has 14 heavy (non-hydrogen) atoms. The lowest BCUT2D eigenvalue weighted by Crippen LogP contribution is -2.13. The molecule has 0 heterocycles. The number of aromatic hydroxyl groups is 1. The third-order valence-corrected chi connectivity index (χ3v) is 4.59. The number of benzene rings is 1. The normalized spacial score (nSPS) is 11.9. The van der Waals surface area contributed by atoms with E-state index in [1.807, 2.05) is 0 Å². The molecule has 0 unspecified atom stereocenters. The number of rotatable bonds is 2. The number of primary sulfonamides is 1. The van der Waals surface area contributed by atoms with E-state index in [1.54, 1.807) is 0 Å². The molecule has 6 nitrogen and oxygen atoms in total. The third kappa shape index (κ3) is 2.39. The van der Waals surface area contributed by atoms with E-state index in [4.69, 9.17) is 10.2 Å². The fourth-order valence-electron chi connectivity index (χ4n) is 0.838. The van der Waals surface area contributed by atoms with E-state index >= 15 is 0 Å². The van der Waals surface area contributed by atoms with E-state index in [0.717, 1.165) is 18.2 Å². The number of hydrogen-bond acceptors (Lipinski definition) is 5. The summed E-state index contributed by atoms with van der Waals surface area (Å²) in [6.45, 7) is 0. The zero-order valence-electron chi connectivity index (χ0n) is 6.68. The molecule has 0 spiro atoms. The lowest BCUT2D eigenvalue weighted by atomic mass is 10.3. The Morgan fingerprint density at radius 2 is 1.86 bits per heavy atom. The van der Waals surface area contributed by atoms with Gasteiger partial charge in [-0.2, -0.15) is 0 Å². The zero-order valence-corrected chi connectivity index (χ0v) is 9.65. The largest absolute Gasteiger partial charge is 0.508 e. The van der Waals surface area contributed by atoms with Gasteiger partial charge in [-0.25, -0.2) is 19.7 Å². The molecule has 8 heteroatoms. The second-order valence-electron chi connectivity index (χ2n) is 2.38. The molecule has 0 aliphatic heterocycles. The summed E-state index contributed by atoms with van der Waals surface area (Å²) in [5, 5.41) is 13.7. The molecule has 0 fully saturated rings. The highest BCUT2D eigenvalue weighted by Gasteiger charge is 2.17. The highest BCUT2D eigenvalue weighted by atomic mass is 127. The Labute approximate surface area is 86.9 Å². The number of phenolic OH excluding ortho intramolecular Hbond substituents is 1. The van der Waals surface area contributed by atoms with Crippen LogP contribution in [0.1, 0.15) is 0 Å². The van der Waals surface area contributed by atoms with E-state index in [-0.39, 0.29) is 9.32 Å². The molecule has 0 saturated heterocycles. The molecule has 0 bridgehead atoms. The van der Waals surface area contributed by atoms with Crippen LogP contribution in [-0.4, -0.2) is 13.5 Å². The molecule has 0 atom stereocenters.